The molecule has 0 aromatic carbocycles. The molecule has 0 radical (unpaired) electrons. The first-order valence-electron chi connectivity index (χ1n) is 5.48. The van der Waals surface area contributed by atoms with Gasteiger partial charge in [0.25, 0.3) is 0 Å². The molecule has 1 amide bonds. The van der Waals surface area contributed by atoms with Crippen LogP contribution in [0.1, 0.15) is 38.5 Å². The van der Waals surface area contributed by atoms with E-state index in [0.717, 1.165) is 12.8 Å². The zero-order valence-electron chi connectivity index (χ0n) is 8.91. The lowest BCUT2D eigenvalue weighted by atomic mass is 10.1. The summed E-state index contributed by atoms with van der Waals surface area (Å²) in [5.74, 6) is 0.589. The third-order valence-corrected chi connectivity index (χ3v) is 2.76. The van der Waals surface area contributed by atoms with Crippen molar-refractivity contribution in [1.29, 1.82) is 0 Å². The number of nitrogens with one attached hydrogen (secondary N) is 1. The Hall–Kier alpha value is -1.26. The zero-order valence-corrected chi connectivity index (χ0v) is 8.91. The monoisotopic (exact) mass is 213 g/mol. The first kappa shape index (κ1) is 11.8. The predicted molar refractivity (Wildman–Crippen MR) is 57.6 cm³/mol. The van der Waals surface area contributed by atoms with Gasteiger partial charge in [-0.05, 0) is 19.3 Å². The van der Waals surface area contributed by atoms with Crippen molar-refractivity contribution in [3.63, 3.8) is 0 Å². The minimum atomic E-state index is 0.159. The molecule has 1 aliphatic carbocycles. The summed E-state index contributed by atoms with van der Waals surface area (Å²) in [5, 5.41) is 14.0. The smallest absolute Gasteiger partial charge is 0.223 e. The normalized spacial score (nSPS) is 18.0. The molecule has 1 rings (SSSR count). The van der Waals surface area contributed by atoms with Gasteiger partial charge in [-0.25, -0.2) is 0 Å². The highest BCUT2D eigenvalue weighted by Gasteiger charge is 2.21. The highest BCUT2D eigenvalue weighted by Crippen LogP contribution is 2.24. The van der Waals surface area contributed by atoms with Crippen LogP contribution in [0.4, 0.5) is 0 Å². The maximum Gasteiger partial charge on any atom is 0.223 e. The van der Waals surface area contributed by atoms with Gasteiger partial charge < -0.3 is 16.3 Å². The second kappa shape index (κ2) is 6.27. The molecule has 86 valence electrons. The summed E-state index contributed by atoms with van der Waals surface area (Å²) >= 11 is 0. The molecule has 0 aromatic rings. The molecule has 1 saturated carbocycles. The summed E-state index contributed by atoms with van der Waals surface area (Å²) < 4.78 is 0. The van der Waals surface area contributed by atoms with Gasteiger partial charge in [-0.2, -0.15) is 0 Å². The number of nitrogens with zero attached hydrogens (tertiary/aromatic N) is 1. The van der Waals surface area contributed by atoms with E-state index in [-0.39, 0.29) is 17.7 Å². The van der Waals surface area contributed by atoms with Crippen molar-refractivity contribution in [3.05, 3.63) is 0 Å². The number of amidine groups is 1. The van der Waals surface area contributed by atoms with Gasteiger partial charge >= 0.3 is 0 Å². The number of oxime groups is 1. The van der Waals surface area contributed by atoms with E-state index >= 15 is 0 Å². The maximum atomic E-state index is 11.5. The molecule has 0 unspecified atom stereocenters. The molecular formula is C10H19N3O2. The molecule has 5 nitrogen and oxygen atoms in total. The fourth-order valence-electron chi connectivity index (χ4n) is 1.86. The number of amides is 1. The Morgan fingerprint density at radius 2 is 2.13 bits per heavy atom. The number of nitrogens with two attached hydrogens (primary N) is 1. The number of carbonyl (C=O) groups is 1. The molecule has 1 fully saturated rings. The summed E-state index contributed by atoms with van der Waals surface area (Å²) in [6.07, 6.45) is 5.61. The second-order valence-corrected chi connectivity index (χ2v) is 3.97. The molecule has 0 aromatic heterocycles. The second-order valence-electron chi connectivity index (χ2n) is 3.97. The summed E-state index contributed by atoms with van der Waals surface area (Å²) in [4.78, 5) is 11.5. The van der Waals surface area contributed by atoms with Crippen LogP contribution >= 0.6 is 0 Å². The van der Waals surface area contributed by atoms with Crippen molar-refractivity contribution in [1.82, 2.24) is 5.32 Å². The quantitative estimate of drug-likeness (QED) is 0.208. The Labute approximate surface area is 89.7 Å². The Kier molecular flexibility index (Phi) is 4.93. The van der Waals surface area contributed by atoms with Crippen molar-refractivity contribution < 1.29 is 10.0 Å². The lowest BCUT2D eigenvalue weighted by molar-refractivity contribution is -0.124. The zero-order chi connectivity index (χ0) is 11.1. The van der Waals surface area contributed by atoms with Crippen LogP contribution in [0.3, 0.4) is 0 Å². The summed E-state index contributed by atoms with van der Waals surface area (Å²) in [5.41, 5.74) is 5.30. The Morgan fingerprint density at radius 1 is 1.47 bits per heavy atom. The van der Waals surface area contributed by atoms with Crippen LogP contribution in [0.25, 0.3) is 0 Å². The van der Waals surface area contributed by atoms with Crippen molar-refractivity contribution in [3.8, 4) is 0 Å². The molecule has 1 aliphatic rings. The molecule has 5 heteroatoms. The van der Waals surface area contributed by atoms with E-state index in [4.69, 9.17) is 10.9 Å². The minimum absolute atomic E-state index is 0.159. The maximum absolute atomic E-state index is 11.5. The number of rotatable bonds is 5. The van der Waals surface area contributed by atoms with Crippen LogP contribution in [0.2, 0.25) is 0 Å². The standard InChI is InChI=1S/C10H19N3O2/c11-9(13-15)6-3-7-12-10(14)8-4-1-2-5-8/h8,15H,1-7H2,(H2,11,13)(H,12,14). The third-order valence-electron chi connectivity index (χ3n) is 2.76. The molecule has 0 saturated heterocycles. The Bertz CT molecular complexity index is 235. The van der Waals surface area contributed by atoms with E-state index in [1.165, 1.54) is 12.8 Å². The molecule has 4 N–H and O–H groups in total. The van der Waals surface area contributed by atoms with Crippen molar-refractivity contribution >= 4 is 11.7 Å². The van der Waals surface area contributed by atoms with Gasteiger partial charge in [0.1, 0.15) is 5.84 Å². The lowest BCUT2D eigenvalue weighted by Crippen LogP contribution is -2.30. The first-order chi connectivity index (χ1) is 7.24. The molecule has 15 heavy (non-hydrogen) atoms. The van der Waals surface area contributed by atoms with Gasteiger partial charge in [-0.1, -0.05) is 18.0 Å². The topological polar surface area (TPSA) is 87.7 Å². The molecule has 0 atom stereocenters. The molecule has 0 spiro atoms. The van der Waals surface area contributed by atoms with Gasteiger partial charge in [0, 0.05) is 18.9 Å². The van der Waals surface area contributed by atoms with Gasteiger partial charge in [-0.3, -0.25) is 4.79 Å². The van der Waals surface area contributed by atoms with E-state index in [9.17, 15) is 4.79 Å². The van der Waals surface area contributed by atoms with Crippen LogP contribution < -0.4 is 11.1 Å². The molecule has 0 aliphatic heterocycles. The SMILES string of the molecule is NC(CCCNC(=O)C1CCCC1)=NO. The largest absolute Gasteiger partial charge is 0.409 e. The highest BCUT2D eigenvalue weighted by atomic mass is 16.4. The van der Waals surface area contributed by atoms with Crippen molar-refractivity contribution in [2.45, 2.75) is 38.5 Å². The van der Waals surface area contributed by atoms with Crippen molar-refractivity contribution in [2.75, 3.05) is 6.54 Å². The van der Waals surface area contributed by atoms with Gasteiger partial charge in [0.15, 0.2) is 0 Å². The lowest BCUT2D eigenvalue weighted by Gasteiger charge is -2.09. The van der Waals surface area contributed by atoms with E-state index in [1.807, 2.05) is 0 Å². The highest BCUT2D eigenvalue weighted by molar-refractivity contribution is 5.80. The Morgan fingerprint density at radius 3 is 2.73 bits per heavy atom. The van der Waals surface area contributed by atoms with Crippen molar-refractivity contribution in [2.24, 2.45) is 16.8 Å². The molecule has 0 bridgehead atoms. The number of hydrogen-bond donors (Lipinski definition) is 3. The van der Waals surface area contributed by atoms with Crippen LogP contribution in [-0.2, 0) is 4.79 Å². The fraction of sp³-hybridized carbons (Fsp3) is 0.800. The molecular weight excluding hydrogens is 194 g/mol. The number of carbonyl (C=O) groups excluding carboxylic acids is 1. The van der Waals surface area contributed by atoms with E-state index < -0.39 is 0 Å². The van der Waals surface area contributed by atoms with Gasteiger partial charge in [-0.15, -0.1) is 0 Å². The average Bonchev–Trinajstić information content (AvgIpc) is 2.77. The first-order valence-corrected chi connectivity index (χ1v) is 5.48. The minimum Gasteiger partial charge on any atom is -0.409 e. The van der Waals surface area contributed by atoms with E-state index in [2.05, 4.69) is 10.5 Å². The Balaban J connectivity index is 2.06. The third kappa shape index (κ3) is 4.18. The summed E-state index contributed by atoms with van der Waals surface area (Å²) in [6.45, 7) is 0.603. The van der Waals surface area contributed by atoms with Crippen LogP contribution in [0.15, 0.2) is 5.16 Å². The van der Waals surface area contributed by atoms with Gasteiger partial charge in [0.05, 0.1) is 0 Å². The van der Waals surface area contributed by atoms with E-state index in [1.54, 1.807) is 0 Å². The number of hydrogen-bond acceptors (Lipinski definition) is 3. The average molecular weight is 213 g/mol. The molecule has 0 heterocycles. The van der Waals surface area contributed by atoms with Crippen LogP contribution in [0.5, 0.6) is 0 Å². The summed E-state index contributed by atoms with van der Waals surface area (Å²) in [6, 6.07) is 0. The van der Waals surface area contributed by atoms with Crippen LogP contribution in [0, 0.1) is 5.92 Å². The fourth-order valence-corrected chi connectivity index (χ4v) is 1.86. The predicted octanol–water partition coefficient (Wildman–Crippen LogP) is 0.819. The van der Waals surface area contributed by atoms with E-state index in [0.29, 0.717) is 19.4 Å². The van der Waals surface area contributed by atoms with Crippen LogP contribution in [-0.4, -0.2) is 23.5 Å². The van der Waals surface area contributed by atoms with Gasteiger partial charge in [0.2, 0.25) is 5.91 Å². The summed E-state index contributed by atoms with van der Waals surface area (Å²) in [7, 11) is 0.